The molecule has 1 fully saturated rings. The summed E-state index contributed by atoms with van der Waals surface area (Å²) in [7, 11) is 0. The first-order valence-electron chi connectivity index (χ1n) is 2.88. The van der Waals surface area contributed by atoms with Crippen LogP contribution in [0.15, 0.2) is 12.2 Å². The molecule has 0 aromatic heterocycles. The summed E-state index contributed by atoms with van der Waals surface area (Å²) in [5.74, 6) is 0. The summed E-state index contributed by atoms with van der Waals surface area (Å²) in [6.07, 6.45) is 4.73. The van der Waals surface area contributed by atoms with Crippen LogP contribution in [0, 0.1) is 0 Å². The third kappa shape index (κ3) is 0.443. The van der Waals surface area contributed by atoms with Crippen molar-refractivity contribution in [2.24, 2.45) is 0 Å². The molecule has 0 spiro atoms. The molecule has 8 heavy (non-hydrogen) atoms. The van der Waals surface area contributed by atoms with Crippen LogP contribution in [-0.2, 0) is 4.74 Å². The third-order valence-corrected chi connectivity index (χ3v) is 1.70. The molecule has 3 unspecified atom stereocenters. The first kappa shape index (κ1) is 4.53. The summed E-state index contributed by atoms with van der Waals surface area (Å²) in [5, 5.41) is 9.04. The highest BCUT2D eigenvalue weighted by Crippen LogP contribution is 2.27. The summed E-state index contributed by atoms with van der Waals surface area (Å²) in [4.78, 5) is 0. The fraction of sp³-hybridized carbons (Fsp3) is 0.667. The van der Waals surface area contributed by atoms with E-state index in [0.717, 1.165) is 6.42 Å². The molecule has 1 saturated heterocycles. The minimum Gasteiger partial charge on any atom is -0.390 e. The molecule has 2 nitrogen and oxygen atoms in total. The van der Waals surface area contributed by atoms with Crippen LogP contribution in [0.4, 0.5) is 0 Å². The van der Waals surface area contributed by atoms with Crippen molar-refractivity contribution in [1.29, 1.82) is 0 Å². The van der Waals surface area contributed by atoms with Gasteiger partial charge in [-0.05, 0) is 0 Å². The lowest BCUT2D eigenvalue weighted by Crippen LogP contribution is -2.17. The van der Waals surface area contributed by atoms with Crippen LogP contribution >= 0.6 is 0 Å². The third-order valence-electron chi connectivity index (χ3n) is 1.70. The van der Waals surface area contributed by atoms with Gasteiger partial charge in [0.25, 0.3) is 0 Å². The molecule has 0 aromatic rings. The molecule has 2 heteroatoms. The quantitative estimate of drug-likeness (QED) is 0.449. The summed E-state index contributed by atoms with van der Waals surface area (Å²) >= 11 is 0. The van der Waals surface area contributed by atoms with Gasteiger partial charge in [0.2, 0.25) is 0 Å². The predicted octanol–water partition coefficient (Wildman–Crippen LogP) is 0.0746. The second-order valence-electron chi connectivity index (χ2n) is 2.33. The Hall–Kier alpha value is -0.340. The van der Waals surface area contributed by atoms with Crippen LogP contribution in [0.5, 0.6) is 0 Å². The van der Waals surface area contributed by atoms with Gasteiger partial charge in [-0.25, -0.2) is 0 Å². The Labute approximate surface area is 47.8 Å². The number of hydrogen-bond acceptors (Lipinski definition) is 2. The van der Waals surface area contributed by atoms with Crippen LogP contribution in [0.2, 0.25) is 0 Å². The smallest absolute Gasteiger partial charge is 0.102 e. The number of aliphatic hydroxyl groups excluding tert-OH is 1. The van der Waals surface area contributed by atoms with Gasteiger partial charge in [-0.3, -0.25) is 0 Å². The maximum absolute atomic E-state index is 9.04. The van der Waals surface area contributed by atoms with Gasteiger partial charge < -0.3 is 9.84 Å². The maximum Gasteiger partial charge on any atom is 0.102 e. The molecule has 2 aliphatic rings. The van der Waals surface area contributed by atoms with Gasteiger partial charge in [0.05, 0.1) is 12.2 Å². The molecule has 0 amide bonds. The van der Waals surface area contributed by atoms with Crippen molar-refractivity contribution in [1.82, 2.24) is 0 Å². The fourth-order valence-electron chi connectivity index (χ4n) is 1.25. The van der Waals surface area contributed by atoms with Crippen LogP contribution in [0.3, 0.4) is 0 Å². The number of hydrogen-bond donors (Lipinski definition) is 1. The first-order valence-corrected chi connectivity index (χ1v) is 2.88. The highest BCUT2D eigenvalue weighted by molar-refractivity contribution is 5.11. The van der Waals surface area contributed by atoms with Crippen LogP contribution < -0.4 is 0 Å². The van der Waals surface area contributed by atoms with Crippen molar-refractivity contribution < 1.29 is 9.84 Å². The van der Waals surface area contributed by atoms with E-state index in [1.54, 1.807) is 0 Å². The molecule has 2 bridgehead atoms. The number of ether oxygens (including phenoxy) is 1. The average Bonchev–Trinajstić information content (AvgIpc) is 2.23. The molecule has 0 saturated carbocycles. The molecule has 44 valence electrons. The Morgan fingerprint density at radius 3 is 2.62 bits per heavy atom. The van der Waals surface area contributed by atoms with Crippen LogP contribution in [-0.4, -0.2) is 23.4 Å². The van der Waals surface area contributed by atoms with Gasteiger partial charge in [-0.2, -0.15) is 0 Å². The Morgan fingerprint density at radius 2 is 2.38 bits per heavy atom. The average molecular weight is 112 g/mol. The zero-order chi connectivity index (χ0) is 5.56. The molecule has 0 aliphatic carbocycles. The minimum atomic E-state index is -0.231. The van der Waals surface area contributed by atoms with Crippen molar-refractivity contribution in [2.75, 3.05) is 0 Å². The van der Waals surface area contributed by atoms with E-state index in [2.05, 4.69) is 0 Å². The van der Waals surface area contributed by atoms with Gasteiger partial charge in [0.15, 0.2) is 0 Å². The Balaban J connectivity index is 2.23. The molecule has 1 N–H and O–H groups in total. The monoisotopic (exact) mass is 112 g/mol. The zero-order valence-corrected chi connectivity index (χ0v) is 4.45. The lowest BCUT2D eigenvalue weighted by atomic mass is 10.1. The molecule has 0 radical (unpaired) electrons. The molecule has 2 heterocycles. The number of fused-ring (bicyclic) bond motifs is 2. The molecule has 0 aromatic carbocycles. The summed E-state index contributed by atoms with van der Waals surface area (Å²) in [5.41, 5.74) is 0. The van der Waals surface area contributed by atoms with E-state index in [0.29, 0.717) is 0 Å². The Bertz CT molecular complexity index is 130. The molecule has 3 atom stereocenters. The first-order chi connectivity index (χ1) is 3.86. The molecular formula is C6H8O2. The van der Waals surface area contributed by atoms with Gasteiger partial charge >= 0.3 is 0 Å². The molecular weight excluding hydrogens is 104 g/mol. The SMILES string of the molecule is OC1CC2C=CC1O2. The summed E-state index contributed by atoms with van der Waals surface area (Å²) < 4.78 is 5.22. The fourth-order valence-corrected chi connectivity index (χ4v) is 1.25. The lowest BCUT2D eigenvalue weighted by Gasteiger charge is -2.05. The molecule has 2 aliphatic heterocycles. The lowest BCUT2D eigenvalue weighted by molar-refractivity contribution is 0.0699. The minimum absolute atomic E-state index is 0.0139. The second kappa shape index (κ2) is 1.33. The zero-order valence-electron chi connectivity index (χ0n) is 4.45. The van der Waals surface area contributed by atoms with Crippen LogP contribution in [0.25, 0.3) is 0 Å². The highest BCUT2D eigenvalue weighted by Gasteiger charge is 2.34. The van der Waals surface area contributed by atoms with E-state index in [9.17, 15) is 0 Å². The van der Waals surface area contributed by atoms with E-state index in [-0.39, 0.29) is 18.3 Å². The van der Waals surface area contributed by atoms with E-state index in [4.69, 9.17) is 9.84 Å². The van der Waals surface area contributed by atoms with E-state index in [1.165, 1.54) is 0 Å². The topological polar surface area (TPSA) is 29.5 Å². The predicted molar refractivity (Wildman–Crippen MR) is 28.4 cm³/mol. The van der Waals surface area contributed by atoms with Crippen molar-refractivity contribution in [3.05, 3.63) is 12.2 Å². The van der Waals surface area contributed by atoms with Crippen molar-refractivity contribution >= 4 is 0 Å². The van der Waals surface area contributed by atoms with Gasteiger partial charge in [0.1, 0.15) is 6.10 Å². The largest absolute Gasteiger partial charge is 0.390 e. The number of rotatable bonds is 0. The second-order valence-corrected chi connectivity index (χ2v) is 2.33. The van der Waals surface area contributed by atoms with Gasteiger partial charge in [0, 0.05) is 6.42 Å². The van der Waals surface area contributed by atoms with E-state index >= 15 is 0 Å². The van der Waals surface area contributed by atoms with Gasteiger partial charge in [-0.1, -0.05) is 12.2 Å². The maximum atomic E-state index is 9.04. The number of aliphatic hydroxyl groups is 1. The van der Waals surface area contributed by atoms with E-state index in [1.807, 2.05) is 12.2 Å². The standard InChI is InChI=1S/C6H8O2/c7-5-3-4-1-2-6(5)8-4/h1-2,4-7H,3H2. The summed E-state index contributed by atoms with van der Waals surface area (Å²) in [6.45, 7) is 0. The molecule has 2 rings (SSSR count). The van der Waals surface area contributed by atoms with Crippen molar-refractivity contribution in [2.45, 2.75) is 24.7 Å². The van der Waals surface area contributed by atoms with Gasteiger partial charge in [-0.15, -0.1) is 0 Å². The highest BCUT2D eigenvalue weighted by atomic mass is 16.5. The van der Waals surface area contributed by atoms with Crippen molar-refractivity contribution in [3.8, 4) is 0 Å². The Morgan fingerprint density at radius 1 is 1.50 bits per heavy atom. The Kier molecular flexibility index (Phi) is 0.754. The normalized spacial score (nSPS) is 50.9. The van der Waals surface area contributed by atoms with Crippen molar-refractivity contribution in [3.63, 3.8) is 0 Å². The van der Waals surface area contributed by atoms with E-state index < -0.39 is 0 Å². The van der Waals surface area contributed by atoms with Crippen LogP contribution in [0.1, 0.15) is 6.42 Å². The summed E-state index contributed by atoms with van der Waals surface area (Å²) in [6, 6.07) is 0.